The first-order valence-electron chi connectivity index (χ1n) is 34.2. The highest BCUT2D eigenvalue weighted by atomic mass is 35.5. The van der Waals surface area contributed by atoms with Crippen LogP contribution in [-0.4, -0.2) is 148 Å². The number of fused-ring (bicyclic) bond motifs is 12. The minimum Gasteiger partial charge on any atom is -0.441 e. The molecular weight excluding hydrogens is 1320 g/mol. The van der Waals surface area contributed by atoms with Crippen LogP contribution in [0.5, 0.6) is 0 Å². The molecule has 2 atom stereocenters. The number of nitrogens with zero attached hydrogens (tertiary/aromatic N) is 5. The Hall–Kier alpha value is -8.47. The number of rotatable bonds is 20. The number of benzene rings is 6. The van der Waals surface area contributed by atoms with E-state index in [9.17, 15) is 55.1 Å². The van der Waals surface area contributed by atoms with E-state index < -0.39 is 88.0 Å². The number of hydrogen-bond donors (Lipinski definition) is 0. The Labute approximate surface area is 580 Å². The number of ether oxygens (including phenoxy) is 4. The van der Waals surface area contributed by atoms with Gasteiger partial charge in [-0.15, -0.1) is 16.7 Å². The molecule has 2 aliphatic carbocycles. The quantitative estimate of drug-likeness (QED) is 0.0177. The van der Waals surface area contributed by atoms with Crippen molar-refractivity contribution in [1.82, 2.24) is 5.06 Å². The minimum atomic E-state index is -2.79. The number of Topliss-reactive ketones (excluding diaryl/α,β-unsaturated/α-hetero) is 1. The lowest BCUT2D eigenvalue weighted by molar-refractivity contribution is -0.172. The zero-order valence-electron chi connectivity index (χ0n) is 56.6. The van der Waals surface area contributed by atoms with Crippen LogP contribution in [0.15, 0.2) is 109 Å². The van der Waals surface area contributed by atoms with E-state index in [1.165, 1.54) is 18.2 Å². The third kappa shape index (κ3) is 11.9. The van der Waals surface area contributed by atoms with E-state index in [-0.39, 0.29) is 75.4 Å². The summed E-state index contributed by atoms with van der Waals surface area (Å²) in [5, 5.41) is 0.460. The van der Waals surface area contributed by atoms with E-state index in [1.54, 1.807) is 54.0 Å². The van der Waals surface area contributed by atoms with Crippen LogP contribution in [0, 0.1) is 0 Å². The van der Waals surface area contributed by atoms with E-state index in [0.29, 0.717) is 88.5 Å². The van der Waals surface area contributed by atoms with Crippen molar-refractivity contribution in [3.05, 3.63) is 187 Å². The van der Waals surface area contributed by atoms with E-state index in [2.05, 4.69) is 13.8 Å². The monoisotopic (exact) mass is 1400 g/mol. The van der Waals surface area contributed by atoms with Gasteiger partial charge >= 0.3 is 17.9 Å². The molecule has 0 aromatic heterocycles. The van der Waals surface area contributed by atoms with E-state index in [4.69, 9.17) is 35.4 Å². The number of halogens is 7. The highest BCUT2D eigenvalue weighted by Gasteiger charge is 2.59. The number of carbonyl (C=O) groups excluding carboxylic acids is 6. The van der Waals surface area contributed by atoms with Crippen molar-refractivity contribution >= 4 is 69.9 Å². The molecule has 0 radical (unpaired) electrons. The van der Waals surface area contributed by atoms with Crippen LogP contribution in [0.2, 0.25) is 0 Å². The molecule has 7 heterocycles. The highest BCUT2D eigenvalue weighted by molar-refractivity contribution is 6.17. The molecule has 9 aliphatic rings. The van der Waals surface area contributed by atoms with Crippen LogP contribution in [0.4, 0.5) is 49.1 Å². The van der Waals surface area contributed by atoms with Crippen molar-refractivity contribution in [2.24, 2.45) is 0 Å². The number of hydrogen-bond acceptors (Lipinski definition) is 15. The number of hydroxylamine groups is 2. The van der Waals surface area contributed by atoms with Gasteiger partial charge in [0.25, 0.3) is 23.7 Å². The summed E-state index contributed by atoms with van der Waals surface area (Å²) in [7, 11) is 0. The SMILES string of the molecule is CC1(F)CN(c2ccc3c(c2)C(C)(C)c2cc(N4CC(F)(F)C4)ccc2C32OC(=O)c3ccc(C(=O)CCCOCCOCCCCCCCl)cc32)C1.CC1(F)CN(c2ccc3c(c2)C(C)(C)c2cc(N4CC(F)(F)C4)ccc2C32OC(=O)c3ccc(C(=O)ON4C(=O)CCC4=O)cc32)C1. The second-order valence-electron chi connectivity index (χ2n) is 29.6. The number of esters is 2. The second kappa shape index (κ2) is 25.0. The Kier molecular flexibility index (Phi) is 17.1. The lowest BCUT2D eigenvalue weighted by atomic mass is 9.61. The average molecular weight is 1400 g/mol. The molecule has 0 bridgehead atoms. The predicted molar refractivity (Wildman–Crippen MR) is 362 cm³/mol. The van der Waals surface area contributed by atoms with Crippen molar-refractivity contribution in [1.29, 1.82) is 0 Å². The molecule has 2 unspecified atom stereocenters. The number of amides is 2. The normalized spacial score (nSPS) is 22.8. The fourth-order valence-electron chi connectivity index (χ4n) is 15.9. The first kappa shape index (κ1) is 68.7. The Morgan fingerprint density at radius 3 is 1.19 bits per heavy atom. The molecule has 100 heavy (non-hydrogen) atoms. The summed E-state index contributed by atoms with van der Waals surface area (Å²) < 4.78 is 109. The predicted octanol–water partition coefficient (Wildman–Crippen LogP) is 13.6. The van der Waals surface area contributed by atoms with Gasteiger partial charge in [0.05, 0.1) is 82.3 Å². The third-order valence-corrected chi connectivity index (χ3v) is 21.4. The molecule has 23 heteroatoms. The van der Waals surface area contributed by atoms with Gasteiger partial charge in [-0.3, -0.25) is 14.4 Å². The minimum absolute atomic E-state index is 0.0132. The molecule has 16 nitrogen and oxygen atoms in total. The van der Waals surface area contributed by atoms with Crippen LogP contribution < -0.4 is 19.6 Å². The maximum Gasteiger partial charge on any atom is 0.363 e. The van der Waals surface area contributed by atoms with Crippen molar-refractivity contribution in [2.75, 3.05) is 104 Å². The second-order valence-corrected chi connectivity index (χ2v) is 30.0. The molecule has 6 aromatic rings. The van der Waals surface area contributed by atoms with Gasteiger partial charge in [-0.25, -0.2) is 40.7 Å². The van der Waals surface area contributed by atoms with Gasteiger partial charge < -0.3 is 43.4 Å². The van der Waals surface area contributed by atoms with Crippen LogP contribution in [0.1, 0.15) is 190 Å². The average Bonchev–Trinajstić information content (AvgIpc) is 1.36. The van der Waals surface area contributed by atoms with Crippen LogP contribution in [-0.2, 0) is 55.4 Å². The maximum atomic E-state index is 14.6. The summed E-state index contributed by atoms with van der Waals surface area (Å²) in [6.07, 6.45) is 4.90. The van der Waals surface area contributed by atoms with Crippen LogP contribution >= 0.6 is 11.6 Å². The number of carbonyl (C=O) groups is 6. The molecule has 2 amide bonds. The van der Waals surface area contributed by atoms with Gasteiger partial charge in [0.1, 0.15) is 11.3 Å². The first-order valence-corrected chi connectivity index (χ1v) is 34.7. The van der Waals surface area contributed by atoms with Crippen LogP contribution in [0.25, 0.3) is 0 Å². The molecular formula is C77H78ClF6N5O11. The third-order valence-electron chi connectivity index (χ3n) is 21.2. The van der Waals surface area contributed by atoms with E-state index in [0.717, 1.165) is 70.4 Å². The zero-order valence-corrected chi connectivity index (χ0v) is 57.4. The van der Waals surface area contributed by atoms with Crippen molar-refractivity contribution in [3.8, 4) is 0 Å². The molecule has 15 rings (SSSR count). The Balaban J connectivity index is 0.000000171. The van der Waals surface area contributed by atoms with Crippen molar-refractivity contribution in [2.45, 2.75) is 138 Å². The number of ketones is 1. The molecule has 5 fully saturated rings. The Bertz CT molecular complexity index is 4180. The lowest BCUT2D eigenvalue weighted by Gasteiger charge is -2.48. The Morgan fingerprint density at radius 2 is 0.800 bits per heavy atom. The van der Waals surface area contributed by atoms with Crippen LogP contribution in [0.3, 0.4) is 0 Å². The molecule has 5 saturated heterocycles. The van der Waals surface area contributed by atoms with Crippen molar-refractivity contribution < 1.29 is 78.9 Å². The van der Waals surface area contributed by atoms with E-state index in [1.807, 2.05) is 84.3 Å². The molecule has 526 valence electrons. The van der Waals surface area contributed by atoms with Gasteiger partial charge in [-0.1, -0.05) is 70.9 Å². The standard InChI is InChI=1S/C42H48ClF3N2O5.C35H30F3N3O6/c1-39(2)35-22-29(47-24-40(3,44)25-47)11-14-32(35)42(33-15-12-30(23-36(33)39)48-26-41(45,46)27-48)34-21-28(10-13-31(34)38(50)53-42)37(49)9-8-18-52-20-19-51-17-7-5-4-6-16-43;1-32(2)26-13-20(39-15-33(3,36)16-39)5-8-23(26)35(24-9-6-21(14-27(24)32)40-17-34(37,38)18-40)25-12-19(4-7-22(25)31(45)46-35)30(44)47-41-28(42)10-11-29(41)43/h10-15,21-23H,4-9,16-20,24-27H2,1-3H3;4-9,12-14H,10-11,15-18H2,1-3H3. The molecule has 2 spiro atoms. The number of unbranched alkanes of at least 4 members (excludes halogenated alkanes) is 3. The fraction of sp³-hybridized carbons (Fsp3) is 0.455. The topological polar surface area (TPSA) is 165 Å². The van der Waals surface area contributed by atoms with Crippen molar-refractivity contribution in [3.63, 3.8) is 0 Å². The zero-order chi connectivity index (χ0) is 70.9. The Morgan fingerprint density at radius 1 is 0.430 bits per heavy atom. The summed E-state index contributed by atoms with van der Waals surface area (Å²) in [5.41, 5.74) is 3.89. The molecule has 0 N–H and O–H groups in total. The summed E-state index contributed by atoms with van der Waals surface area (Å²) in [5.74, 6) is -8.27. The summed E-state index contributed by atoms with van der Waals surface area (Å²) in [6.45, 7) is 12.7. The number of imide groups is 1. The van der Waals surface area contributed by atoms with E-state index >= 15 is 0 Å². The fourth-order valence-corrected chi connectivity index (χ4v) is 16.1. The van der Waals surface area contributed by atoms with Gasteiger partial charge in [-0.2, -0.15) is 0 Å². The van der Waals surface area contributed by atoms with Gasteiger partial charge in [0.2, 0.25) is 0 Å². The summed E-state index contributed by atoms with van der Waals surface area (Å²) >= 11 is 5.71. The lowest BCUT2D eigenvalue weighted by Crippen LogP contribution is -2.57. The summed E-state index contributed by atoms with van der Waals surface area (Å²) in [6, 6.07) is 31.9. The smallest absolute Gasteiger partial charge is 0.363 e. The number of anilines is 4. The first-order chi connectivity index (χ1) is 47.3. The van der Waals surface area contributed by atoms with Gasteiger partial charge in [-0.05, 0) is 134 Å². The van der Waals surface area contributed by atoms with Gasteiger partial charge in [0.15, 0.2) is 17.0 Å². The summed E-state index contributed by atoms with van der Waals surface area (Å²) in [4.78, 5) is 90.7. The molecule has 6 aromatic carbocycles. The largest absolute Gasteiger partial charge is 0.441 e. The molecule has 0 saturated carbocycles. The molecule has 7 aliphatic heterocycles. The maximum absolute atomic E-state index is 14.6. The highest BCUT2D eigenvalue weighted by Crippen LogP contribution is 2.60. The van der Waals surface area contributed by atoms with Gasteiger partial charge in [0, 0.05) is 111 Å². The number of alkyl halides is 7.